The Morgan fingerprint density at radius 2 is 1.90 bits per heavy atom. The van der Waals surface area contributed by atoms with Crippen LogP contribution in [0.15, 0.2) is 45.5 Å². The second-order valence-corrected chi connectivity index (χ2v) is 8.49. The summed E-state index contributed by atoms with van der Waals surface area (Å²) in [6.45, 7) is 1.69. The number of hydrogen-bond acceptors (Lipinski definition) is 5. The molecule has 8 heteroatoms. The molecule has 1 aliphatic rings. The van der Waals surface area contributed by atoms with Gasteiger partial charge in [0, 0.05) is 27.8 Å². The zero-order valence-corrected chi connectivity index (χ0v) is 18.0. The lowest BCUT2D eigenvalue weighted by molar-refractivity contribution is 0.0863. The van der Waals surface area contributed by atoms with Gasteiger partial charge in [-0.15, -0.1) is 0 Å². The first kappa shape index (κ1) is 20.6. The van der Waals surface area contributed by atoms with E-state index in [1.807, 2.05) is 24.3 Å². The number of rotatable bonds is 5. The number of nitrogens with zero attached hydrogens (tertiary/aromatic N) is 1. The van der Waals surface area contributed by atoms with Crippen molar-refractivity contribution in [3.8, 4) is 11.3 Å². The van der Waals surface area contributed by atoms with E-state index in [9.17, 15) is 14.7 Å². The van der Waals surface area contributed by atoms with E-state index < -0.39 is 0 Å². The molecule has 0 unspecified atom stereocenters. The molecule has 3 N–H and O–H groups in total. The summed E-state index contributed by atoms with van der Waals surface area (Å²) in [6.07, 6.45) is 4.11. The third kappa shape index (κ3) is 4.24. The Balaban J connectivity index is 1.53. The molecule has 30 heavy (non-hydrogen) atoms. The van der Waals surface area contributed by atoms with Gasteiger partial charge in [0.05, 0.1) is 11.7 Å². The predicted molar refractivity (Wildman–Crippen MR) is 114 cm³/mol. The van der Waals surface area contributed by atoms with Crippen molar-refractivity contribution in [2.24, 2.45) is 0 Å². The van der Waals surface area contributed by atoms with Crippen molar-refractivity contribution in [3.05, 3.63) is 63.6 Å². The molecule has 1 fully saturated rings. The van der Waals surface area contributed by atoms with Gasteiger partial charge in [0.25, 0.3) is 5.91 Å². The molecule has 0 radical (unpaired) electrons. The number of carbonyl (C=O) groups excluding carboxylic acids is 2. The molecular formula is C22H22BrN3O4. The molecule has 0 aliphatic heterocycles. The van der Waals surface area contributed by atoms with E-state index in [2.05, 4.69) is 31.4 Å². The molecule has 4 rings (SSSR count). The lowest BCUT2D eigenvalue weighted by Gasteiger charge is -2.25. The molecule has 7 nitrogen and oxygen atoms in total. The van der Waals surface area contributed by atoms with E-state index in [-0.39, 0.29) is 23.8 Å². The van der Waals surface area contributed by atoms with Crippen LogP contribution in [0.5, 0.6) is 0 Å². The predicted octanol–water partition coefficient (Wildman–Crippen LogP) is 4.00. The highest BCUT2D eigenvalue weighted by molar-refractivity contribution is 9.10. The first-order valence-electron chi connectivity index (χ1n) is 9.86. The Labute approximate surface area is 182 Å². The van der Waals surface area contributed by atoms with Gasteiger partial charge in [0.15, 0.2) is 5.78 Å². The van der Waals surface area contributed by atoms with E-state index in [0.717, 1.165) is 22.9 Å². The number of ketones is 1. The van der Waals surface area contributed by atoms with Gasteiger partial charge in [0.2, 0.25) is 0 Å². The third-order valence-corrected chi connectivity index (χ3v) is 5.96. The maximum Gasteiger partial charge on any atom is 0.267 e. The number of aromatic amines is 1. The van der Waals surface area contributed by atoms with Gasteiger partial charge >= 0.3 is 0 Å². The largest absolute Gasteiger partial charge is 0.393 e. The highest BCUT2D eigenvalue weighted by atomic mass is 79.9. The minimum atomic E-state index is -0.278. The van der Waals surface area contributed by atoms with Crippen molar-refractivity contribution in [1.82, 2.24) is 15.5 Å². The van der Waals surface area contributed by atoms with Crippen molar-refractivity contribution < 1.29 is 19.2 Å². The number of aliphatic hydroxyl groups is 1. The molecule has 1 aromatic carbocycles. The molecule has 0 bridgehead atoms. The number of carbonyl (C=O) groups is 2. The topological polar surface area (TPSA) is 108 Å². The lowest BCUT2D eigenvalue weighted by atomic mass is 9.93. The summed E-state index contributed by atoms with van der Waals surface area (Å²) in [5.74, 6) is -0.0979. The smallest absolute Gasteiger partial charge is 0.267 e. The van der Waals surface area contributed by atoms with Crippen LogP contribution >= 0.6 is 15.9 Å². The summed E-state index contributed by atoms with van der Waals surface area (Å²) in [5.41, 5.74) is 2.31. The van der Waals surface area contributed by atoms with Crippen LogP contribution < -0.4 is 5.32 Å². The first-order chi connectivity index (χ1) is 14.4. The molecule has 2 heterocycles. The fourth-order valence-electron chi connectivity index (χ4n) is 3.73. The fourth-order valence-corrected chi connectivity index (χ4v) is 3.99. The van der Waals surface area contributed by atoms with E-state index in [1.165, 1.54) is 6.20 Å². The van der Waals surface area contributed by atoms with Crippen LogP contribution in [0.4, 0.5) is 0 Å². The summed E-state index contributed by atoms with van der Waals surface area (Å²) in [4.78, 5) is 28.6. The van der Waals surface area contributed by atoms with Crippen molar-refractivity contribution in [1.29, 1.82) is 0 Å². The molecule has 0 saturated heterocycles. The average Bonchev–Trinajstić information content (AvgIpc) is 3.37. The third-order valence-electron chi connectivity index (χ3n) is 5.43. The Hall–Kier alpha value is -2.71. The second kappa shape index (κ2) is 8.57. The number of aryl methyl sites for hydroxylation is 1. The molecule has 1 aliphatic carbocycles. The Kier molecular flexibility index (Phi) is 5.87. The van der Waals surface area contributed by atoms with Crippen LogP contribution in [0.3, 0.4) is 0 Å². The van der Waals surface area contributed by atoms with Gasteiger partial charge in [-0.25, -0.2) is 0 Å². The second-order valence-electron chi connectivity index (χ2n) is 7.58. The molecule has 1 saturated carbocycles. The summed E-state index contributed by atoms with van der Waals surface area (Å²) in [7, 11) is 0. The molecule has 0 spiro atoms. The maximum absolute atomic E-state index is 13.2. The zero-order valence-electron chi connectivity index (χ0n) is 16.4. The van der Waals surface area contributed by atoms with E-state index in [1.54, 1.807) is 13.0 Å². The summed E-state index contributed by atoms with van der Waals surface area (Å²) >= 11 is 3.40. The van der Waals surface area contributed by atoms with E-state index >= 15 is 0 Å². The standard InChI is InChI=1S/C22H22BrN3O4/c1-12-19(20(26-30-12)13-2-4-15(23)5-3-13)21(28)14-10-18(24-11-14)22(29)25-16-6-8-17(27)9-7-16/h2-5,10-11,16-17,24,27H,6-9H2,1H3,(H,25,29). The molecule has 156 valence electrons. The van der Waals surface area contributed by atoms with Crippen molar-refractivity contribution in [2.75, 3.05) is 0 Å². The minimum absolute atomic E-state index is 0.0349. The number of nitrogens with one attached hydrogen (secondary N) is 2. The number of aromatic nitrogens is 2. The SMILES string of the molecule is Cc1onc(-c2ccc(Br)cc2)c1C(=O)c1c[nH]c(C(=O)NC2CCC(O)CC2)c1. The number of halogens is 1. The van der Waals surface area contributed by atoms with Gasteiger partial charge in [0.1, 0.15) is 17.1 Å². The van der Waals surface area contributed by atoms with Gasteiger partial charge in [-0.1, -0.05) is 33.2 Å². The lowest BCUT2D eigenvalue weighted by Crippen LogP contribution is -2.38. The van der Waals surface area contributed by atoms with Crippen molar-refractivity contribution in [3.63, 3.8) is 0 Å². The van der Waals surface area contributed by atoms with Crippen LogP contribution in [0.1, 0.15) is 57.9 Å². The van der Waals surface area contributed by atoms with Crippen molar-refractivity contribution >= 4 is 27.6 Å². The first-order valence-corrected chi connectivity index (χ1v) is 10.7. The number of aliphatic hydroxyl groups excluding tert-OH is 1. The maximum atomic E-state index is 13.2. The average molecular weight is 472 g/mol. The Morgan fingerprint density at radius 1 is 1.20 bits per heavy atom. The van der Waals surface area contributed by atoms with Crippen LogP contribution in [-0.4, -0.2) is 39.1 Å². The quantitative estimate of drug-likeness (QED) is 0.487. The highest BCUT2D eigenvalue weighted by Gasteiger charge is 2.25. The van der Waals surface area contributed by atoms with Gasteiger partial charge in [-0.2, -0.15) is 0 Å². The number of amides is 1. The van der Waals surface area contributed by atoms with Gasteiger partial charge < -0.3 is 19.9 Å². The van der Waals surface area contributed by atoms with E-state index in [0.29, 0.717) is 41.1 Å². The fraction of sp³-hybridized carbons (Fsp3) is 0.318. The number of hydrogen-bond donors (Lipinski definition) is 3. The summed E-state index contributed by atoms with van der Waals surface area (Å²) in [6, 6.07) is 9.04. The summed E-state index contributed by atoms with van der Waals surface area (Å²) in [5, 5.41) is 16.6. The minimum Gasteiger partial charge on any atom is -0.393 e. The normalized spacial score (nSPS) is 18.9. The Morgan fingerprint density at radius 3 is 2.60 bits per heavy atom. The van der Waals surface area contributed by atoms with Gasteiger partial charge in [-0.3, -0.25) is 9.59 Å². The Bertz CT molecular complexity index is 1060. The van der Waals surface area contributed by atoms with Crippen LogP contribution in [0.25, 0.3) is 11.3 Å². The van der Waals surface area contributed by atoms with Crippen molar-refractivity contribution in [2.45, 2.75) is 44.8 Å². The highest BCUT2D eigenvalue weighted by Crippen LogP contribution is 2.29. The molecule has 0 atom stereocenters. The monoisotopic (exact) mass is 471 g/mol. The zero-order chi connectivity index (χ0) is 21.3. The summed E-state index contributed by atoms with van der Waals surface area (Å²) < 4.78 is 6.22. The van der Waals surface area contributed by atoms with Gasteiger partial charge in [-0.05, 0) is 50.8 Å². The molecule has 3 aromatic rings. The van der Waals surface area contributed by atoms with E-state index in [4.69, 9.17) is 4.52 Å². The number of benzene rings is 1. The van der Waals surface area contributed by atoms with Crippen LogP contribution in [0, 0.1) is 6.92 Å². The van der Waals surface area contributed by atoms with Crippen LogP contribution in [-0.2, 0) is 0 Å². The number of H-pyrrole nitrogens is 1. The molecule has 2 aromatic heterocycles. The van der Waals surface area contributed by atoms with Crippen LogP contribution in [0.2, 0.25) is 0 Å². The molecule has 1 amide bonds. The molecular weight excluding hydrogens is 450 g/mol.